The van der Waals surface area contributed by atoms with Gasteiger partial charge < -0.3 is 10.2 Å². The fourth-order valence-electron chi connectivity index (χ4n) is 4.16. The van der Waals surface area contributed by atoms with E-state index in [-0.39, 0.29) is 12.0 Å². The van der Waals surface area contributed by atoms with Gasteiger partial charge in [-0.15, -0.1) is 0 Å². The molecular formula is C16H29NO3. The number of aliphatic hydroxyl groups is 1. The number of likely N-dealkylation sites (N-methyl/N-ethyl adjacent to an activating group) is 1. The standard InChI is InChI=1S/C16H29NO3/c1-17(13-16(20)10-6-3-7-11-16)15(12-14(18)19)8-4-2-5-9-15/h20H,2-13H2,1H3,(H,18,19). The quantitative estimate of drug-likeness (QED) is 0.814. The highest BCUT2D eigenvalue weighted by molar-refractivity contribution is 5.68. The summed E-state index contributed by atoms with van der Waals surface area (Å²) in [7, 11) is 2.01. The zero-order valence-corrected chi connectivity index (χ0v) is 12.7. The van der Waals surface area contributed by atoms with Crippen molar-refractivity contribution in [1.82, 2.24) is 4.90 Å². The van der Waals surface area contributed by atoms with Crippen molar-refractivity contribution in [2.24, 2.45) is 0 Å². The minimum Gasteiger partial charge on any atom is -0.481 e. The van der Waals surface area contributed by atoms with Crippen molar-refractivity contribution in [1.29, 1.82) is 0 Å². The molecular weight excluding hydrogens is 254 g/mol. The number of nitrogens with zero attached hydrogens (tertiary/aromatic N) is 1. The molecule has 20 heavy (non-hydrogen) atoms. The molecule has 4 heteroatoms. The Bertz CT molecular complexity index is 331. The molecule has 0 aromatic carbocycles. The molecule has 0 bridgehead atoms. The lowest BCUT2D eigenvalue weighted by atomic mass is 9.76. The summed E-state index contributed by atoms with van der Waals surface area (Å²) in [6, 6.07) is 0. The van der Waals surface area contributed by atoms with Crippen molar-refractivity contribution < 1.29 is 15.0 Å². The van der Waals surface area contributed by atoms with Crippen LogP contribution < -0.4 is 0 Å². The molecule has 0 spiro atoms. The van der Waals surface area contributed by atoms with Gasteiger partial charge in [0.1, 0.15) is 0 Å². The lowest BCUT2D eigenvalue weighted by molar-refractivity contribution is -0.142. The van der Waals surface area contributed by atoms with Crippen molar-refractivity contribution in [2.75, 3.05) is 13.6 Å². The van der Waals surface area contributed by atoms with Gasteiger partial charge in [0, 0.05) is 12.1 Å². The number of hydrogen-bond donors (Lipinski definition) is 2. The minimum atomic E-state index is -0.714. The second kappa shape index (κ2) is 6.44. The van der Waals surface area contributed by atoms with E-state index in [0.29, 0.717) is 6.54 Å². The van der Waals surface area contributed by atoms with Gasteiger partial charge in [-0.2, -0.15) is 0 Å². The van der Waals surface area contributed by atoms with E-state index >= 15 is 0 Å². The molecule has 2 aliphatic rings. The maximum absolute atomic E-state index is 11.3. The molecule has 2 fully saturated rings. The number of hydrogen-bond acceptors (Lipinski definition) is 3. The Morgan fingerprint density at radius 2 is 1.50 bits per heavy atom. The molecule has 2 aliphatic carbocycles. The highest BCUT2D eigenvalue weighted by Gasteiger charge is 2.41. The molecule has 0 aromatic heterocycles. The number of β-amino-alcohol motifs (C(OH)–C–C–N with tert-alkyl or cyclic N) is 1. The summed E-state index contributed by atoms with van der Waals surface area (Å²) in [6.07, 6.45) is 10.7. The van der Waals surface area contributed by atoms with Crippen LogP contribution in [0.2, 0.25) is 0 Å². The first-order valence-corrected chi connectivity index (χ1v) is 8.11. The molecule has 0 heterocycles. The lowest BCUT2D eigenvalue weighted by Gasteiger charge is -2.47. The van der Waals surface area contributed by atoms with Crippen LogP contribution in [0.4, 0.5) is 0 Å². The van der Waals surface area contributed by atoms with Gasteiger partial charge in [0.2, 0.25) is 0 Å². The zero-order valence-electron chi connectivity index (χ0n) is 12.7. The van der Waals surface area contributed by atoms with Crippen molar-refractivity contribution in [3.05, 3.63) is 0 Å². The van der Waals surface area contributed by atoms with Crippen LogP contribution in [-0.2, 0) is 4.79 Å². The van der Waals surface area contributed by atoms with Crippen LogP contribution in [0.3, 0.4) is 0 Å². The van der Waals surface area contributed by atoms with Crippen LogP contribution in [0.1, 0.15) is 70.6 Å². The molecule has 0 atom stereocenters. The summed E-state index contributed by atoms with van der Waals surface area (Å²) in [6.45, 7) is 0.625. The summed E-state index contributed by atoms with van der Waals surface area (Å²) >= 11 is 0. The van der Waals surface area contributed by atoms with Crippen LogP contribution in [0.5, 0.6) is 0 Å². The first-order valence-electron chi connectivity index (χ1n) is 8.11. The van der Waals surface area contributed by atoms with E-state index in [4.69, 9.17) is 0 Å². The van der Waals surface area contributed by atoms with Gasteiger partial charge in [-0.05, 0) is 32.7 Å². The first kappa shape index (κ1) is 15.8. The molecule has 2 saturated carbocycles. The average Bonchev–Trinajstić information content (AvgIpc) is 2.39. The summed E-state index contributed by atoms with van der Waals surface area (Å²) in [5.74, 6) is -0.714. The van der Waals surface area contributed by atoms with E-state index in [9.17, 15) is 15.0 Å². The SMILES string of the molecule is CN(CC1(O)CCCCC1)C1(CC(=O)O)CCCCC1. The Morgan fingerprint density at radius 1 is 1.00 bits per heavy atom. The van der Waals surface area contributed by atoms with Gasteiger partial charge in [0.25, 0.3) is 0 Å². The van der Waals surface area contributed by atoms with Crippen LogP contribution in [0.25, 0.3) is 0 Å². The van der Waals surface area contributed by atoms with Gasteiger partial charge in [0.15, 0.2) is 0 Å². The molecule has 116 valence electrons. The Balaban J connectivity index is 2.05. The number of carboxylic acids is 1. The fraction of sp³-hybridized carbons (Fsp3) is 0.938. The van der Waals surface area contributed by atoms with Crippen LogP contribution in [0, 0.1) is 0 Å². The smallest absolute Gasteiger partial charge is 0.305 e. The van der Waals surface area contributed by atoms with Crippen molar-refractivity contribution in [2.45, 2.75) is 81.8 Å². The number of carboxylic acid groups (broad SMARTS) is 1. The fourth-order valence-corrected chi connectivity index (χ4v) is 4.16. The normalized spacial score (nSPS) is 25.6. The number of aliphatic carboxylic acids is 1. The van der Waals surface area contributed by atoms with Crippen LogP contribution in [0.15, 0.2) is 0 Å². The molecule has 2 rings (SSSR count). The van der Waals surface area contributed by atoms with Gasteiger partial charge in [-0.25, -0.2) is 0 Å². The zero-order chi connectivity index (χ0) is 14.6. The molecule has 0 amide bonds. The highest BCUT2D eigenvalue weighted by Crippen LogP contribution is 2.38. The maximum atomic E-state index is 11.3. The first-order chi connectivity index (χ1) is 9.46. The second-order valence-electron chi connectivity index (χ2n) is 7.00. The van der Waals surface area contributed by atoms with Gasteiger partial charge in [-0.1, -0.05) is 38.5 Å². The summed E-state index contributed by atoms with van der Waals surface area (Å²) in [5, 5.41) is 20.0. The average molecular weight is 283 g/mol. The lowest BCUT2D eigenvalue weighted by Crippen LogP contribution is -2.55. The Kier molecular flexibility index (Phi) is 5.08. The topological polar surface area (TPSA) is 60.8 Å². The maximum Gasteiger partial charge on any atom is 0.305 e. The van der Waals surface area contributed by atoms with E-state index in [0.717, 1.165) is 51.4 Å². The third-order valence-corrected chi connectivity index (χ3v) is 5.39. The van der Waals surface area contributed by atoms with Gasteiger partial charge in [-0.3, -0.25) is 9.69 Å². The third kappa shape index (κ3) is 3.73. The van der Waals surface area contributed by atoms with Crippen molar-refractivity contribution in [3.63, 3.8) is 0 Å². The minimum absolute atomic E-state index is 0.208. The highest BCUT2D eigenvalue weighted by atomic mass is 16.4. The van der Waals surface area contributed by atoms with E-state index in [2.05, 4.69) is 4.90 Å². The van der Waals surface area contributed by atoms with E-state index < -0.39 is 11.6 Å². The number of rotatable bonds is 5. The molecule has 0 unspecified atom stereocenters. The van der Waals surface area contributed by atoms with Crippen LogP contribution in [-0.4, -0.2) is 45.8 Å². The van der Waals surface area contributed by atoms with E-state index in [1.54, 1.807) is 0 Å². The van der Waals surface area contributed by atoms with Crippen molar-refractivity contribution in [3.8, 4) is 0 Å². The predicted molar refractivity (Wildman–Crippen MR) is 78.7 cm³/mol. The molecule has 0 radical (unpaired) electrons. The predicted octanol–water partition coefficient (Wildman–Crippen LogP) is 2.79. The molecule has 4 nitrogen and oxygen atoms in total. The molecule has 0 aliphatic heterocycles. The monoisotopic (exact) mass is 283 g/mol. The molecule has 2 N–H and O–H groups in total. The second-order valence-corrected chi connectivity index (χ2v) is 7.00. The van der Waals surface area contributed by atoms with E-state index in [1.807, 2.05) is 7.05 Å². The Morgan fingerprint density at radius 3 is 2.00 bits per heavy atom. The Hall–Kier alpha value is -0.610. The molecule has 0 saturated heterocycles. The summed E-state index contributed by atoms with van der Waals surface area (Å²) < 4.78 is 0. The third-order valence-electron chi connectivity index (χ3n) is 5.39. The largest absolute Gasteiger partial charge is 0.481 e. The van der Waals surface area contributed by atoms with Gasteiger partial charge >= 0.3 is 5.97 Å². The van der Waals surface area contributed by atoms with Gasteiger partial charge in [0.05, 0.1) is 12.0 Å². The number of carbonyl (C=O) groups is 1. The molecule has 0 aromatic rings. The van der Waals surface area contributed by atoms with Crippen LogP contribution >= 0.6 is 0 Å². The van der Waals surface area contributed by atoms with Crippen molar-refractivity contribution >= 4 is 5.97 Å². The van der Waals surface area contributed by atoms with E-state index in [1.165, 1.54) is 12.8 Å². The summed E-state index contributed by atoms with van der Waals surface area (Å²) in [5.41, 5.74) is -0.840. The summed E-state index contributed by atoms with van der Waals surface area (Å²) in [4.78, 5) is 13.4. The Labute approximate surface area is 122 Å².